The Kier molecular flexibility index (Phi) is 5.25. The van der Waals surface area contributed by atoms with Crippen LogP contribution in [0.25, 0.3) is 0 Å². The minimum Gasteiger partial charge on any atom is -0.329 e. The van der Waals surface area contributed by atoms with Gasteiger partial charge in [0.15, 0.2) is 0 Å². The molecule has 0 aliphatic carbocycles. The minimum atomic E-state index is -3.80. The SMILES string of the molecule is B.NCCS(=O)(=O)O. The molecule has 0 saturated carbocycles. The third-order valence-corrected chi connectivity index (χ3v) is 1.13. The molecule has 0 aromatic heterocycles. The Labute approximate surface area is 50.4 Å². The van der Waals surface area contributed by atoms with E-state index < -0.39 is 10.1 Å². The zero-order chi connectivity index (χ0) is 5.91. The van der Waals surface area contributed by atoms with Gasteiger partial charge in [-0.15, -0.1) is 0 Å². The Hall–Kier alpha value is -0.0651. The maximum atomic E-state index is 9.71. The molecule has 6 heteroatoms. The summed E-state index contributed by atoms with van der Waals surface area (Å²) in [7, 11) is -3.80. The van der Waals surface area contributed by atoms with Crippen LogP contribution >= 0.6 is 0 Å². The average molecular weight is 139 g/mol. The predicted octanol–water partition coefficient (Wildman–Crippen LogP) is -2.35. The number of hydrogen-bond donors (Lipinski definition) is 2. The van der Waals surface area contributed by atoms with Gasteiger partial charge in [-0.25, -0.2) is 0 Å². The first-order valence-corrected chi connectivity index (χ1v) is 3.32. The molecule has 4 nitrogen and oxygen atoms in total. The molecular formula is C2H10BNO3S. The van der Waals surface area contributed by atoms with Crippen LogP contribution in [0.3, 0.4) is 0 Å². The van der Waals surface area contributed by atoms with Crippen LogP contribution in [-0.4, -0.2) is 33.7 Å². The molecule has 0 aliphatic heterocycles. The maximum absolute atomic E-state index is 9.71. The lowest BCUT2D eigenvalue weighted by molar-refractivity contribution is 0.483. The first-order valence-electron chi connectivity index (χ1n) is 1.71. The van der Waals surface area contributed by atoms with Crippen LogP contribution in [0, 0.1) is 0 Å². The van der Waals surface area contributed by atoms with Crippen molar-refractivity contribution in [3.8, 4) is 0 Å². The van der Waals surface area contributed by atoms with E-state index in [4.69, 9.17) is 10.3 Å². The summed E-state index contributed by atoms with van der Waals surface area (Å²) in [5.74, 6) is -0.354. The van der Waals surface area contributed by atoms with Gasteiger partial charge in [-0.1, -0.05) is 0 Å². The largest absolute Gasteiger partial charge is 0.329 e. The third-order valence-electron chi connectivity index (χ3n) is 0.376. The molecule has 0 rings (SSSR count). The van der Waals surface area contributed by atoms with E-state index in [0.717, 1.165) is 0 Å². The monoisotopic (exact) mass is 139 g/mol. The van der Waals surface area contributed by atoms with Crippen molar-refractivity contribution in [2.24, 2.45) is 5.73 Å². The summed E-state index contributed by atoms with van der Waals surface area (Å²) in [4.78, 5) is 0. The second kappa shape index (κ2) is 3.88. The standard InChI is InChI=1S/C2H7NO3S.BH3/c3-1-2-7(4,5)6;/h1-3H2,(H,4,5,6);1H3. The smallest absolute Gasteiger partial charge is 0.266 e. The Balaban J connectivity index is 0. The quantitative estimate of drug-likeness (QED) is 0.331. The summed E-state index contributed by atoms with van der Waals surface area (Å²) in [6.07, 6.45) is 0. The average Bonchev–Trinajstić information content (AvgIpc) is 1.30. The Morgan fingerprint density at radius 2 is 1.88 bits per heavy atom. The van der Waals surface area contributed by atoms with Gasteiger partial charge in [0.1, 0.15) is 0 Å². The molecule has 8 heavy (non-hydrogen) atoms. The van der Waals surface area contributed by atoms with Crippen LogP contribution in [0.1, 0.15) is 0 Å². The summed E-state index contributed by atoms with van der Waals surface area (Å²) >= 11 is 0. The van der Waals surface area contributed by atoms with E-state index in [9.17, 15) is 8.42 Å². The van der Waals surface area contributed by atoms with Crippen molar-refractivity contribution >= 4 is 18.5 Å². The molecule has 3 N–H and O–H groups in total. The van der Waals surface area contributed by atoms with Crippen molar-refractivity contribution in [1.29, 1.82) is 0 Å². The lowest BCUT2D eigenvalue weighted by Crippen LogP contribution is -2.13. The molecular weight excluding hydrogens is 129 g/mol. The third kappa shape index (κ3) is 9.33. The van der Waals surface area contributed by atoms with Gasteiger partial charge in [-0.2, -0.15) is 8.42 Å². The number of nitrogens with two attached hydrogens (primary N) is 1. The highest BCUT2D eigenvalue weighted by Crippen LogP contribution is 1.74. The predicted molar refractivity (Wildman–Crippen MR) is 35.4 cm³/mol. The van der Waals surface area contributed by atoms with Crippen LogP contribution in [0.4, 0.5) is 0 Å². The molecule has 0 aromatic carbocycles. The molecule has 0 radical (unpaired) electrons. The van der Waals surface area contributed by atoms with Gasteiger partial charge in [-0.3, -0.25) is 4.55 Å². The van der Waals surface area contributed by atoms with E-state index in [2.05, 4.69) is 0 Å². The van der Waals surface area contributed by atoms with Crippen LogP contribution in [0.5, 0.6) is 0 Å². The summed E-state index contributed by atoms with van der Waals surface area (Å²) in [6.45, 7) is -0.0289. The molecule has 0 bridgehead atoms. The van der Waals surface area contributed by atoms with Crippen molar-refractivity contribution < 1.29 is 13.0 Å². The van der Waals surface area contributed by atoms with Gasteiger partial charge >= 0.3 is 0 Å². The fourth-order valence-corrected chi connectivity index (χ4v) is 0.447. The van der Waals surface area contributed by atoms with Gasteiger partial charge in [0.05, 0.1) is 14.2 Å². The van der Waals surface area contributed by atoms with Crippen LogP contribution < -0.4 is 5.73 Å². The van der Waals surface area contributed by atoms with Gasteiger partial charge in [0, 0.05) is 6.54 Å². The van der Waals surface area contributed by atoms with Crippen molar-refractivity contribution in [3.63, 3.8) is 0 Å². The lowest BCUT2D eigenvalue weighted by atomic mass is 10.8. The first kappa shape index (κ1) is 10.8. The molecule has 0 spiro atoms. The molecule has 0 atom stereocenters. The maximum Gasteiger partial charge on any atom is 0.266 e. The zero-order valence-corrected chi connectivity index (χ0v) is 4.48. The van der Waals surface area contributed by atoms with Crippen LogP contribution in [0.15, 0.2) is 0 Å². The van der Waals surface area contributed by atoms with Crippen molar-refractivity contribution in [3.05, 3.63) is 0 Å². The Morgan fingerprint density at radius 3 is 1.88 bits per heavy atom. The molecule has 0 unspecified atom stereocenters. The van der Waals surface area contributed by atoms with E-state index >= 15 is 0 Å². The Morgan fingerprint density at radius 1 is 1.50 bits per heavy atom. The fourth-order valence-electron chi connectivity index (χ4n) is 0.149. The molecule has 0 saturated heterocycles. The van der Waals surface area contributed by atoms with Crippen molar-refractivity contribution in [2.75, 3.05) is 12.3 Å². The molecule has 0 aromatic rings. The minimum absolute atomic E-state index is 0. The summed E-state index contributed by atoms with van der Waals surface area (Å²) in [5, 5.41) is 0. The summed E-state index contributed by atoms with van der Waals surface area (Å²) < 4.78 is 27.3. The highest BCUT2D eigenvalue weighted by atomic mass is 32.2. The van der Waals surface area contributed by atoms with Crippen molar-refractivity contribution in [2.45, 2.75) is 0 Å². The second-order valence-electron chi connectivity index (χ2n) is 1.07. The number of hydrogen-bond acceptors (Lipinski definition) is 3. The van der Waals surface area contributed by atoms with Gasteiger partial charge in [0.25, 0.3) is 10.1 Å². The van der Waals surface area contributed by atoms with E-state index in [0.29, 0.717) is 0 Å². The summed E-state index contributed by atoms with van der Waals surface area (Å²) in [5.41, 5.74) is 4.78. The molecule has 0 amide bonds. The molecule has 0 fully saturated rings. The Bertz CT molecular complexity index is 130. The van der Waals surface area contributed by atoms with Crippen LogP contribution in [-0.2, 0) is 10.1 Å². The molecule has 50 valence electrons. The highest BCUT2D eigenvalue weighted by Gasteiger charge is 1.98. The van der Waals surface area contributed by atoms with E-state index in [1.165, 1.54) is 0 Å². The first-order chi connectivity index (χ1) is 3.06. The van der Waals surface area contributed by atoms with E-state index in [1.807, 2.05) is 0 Å². The van der Waals surface area contributed by atoms with Crippen molar-refractivity contribution in [1.82, 2.24) is 0 Å². The molecule has 0 aliphatic rings. The second-order valence-corrected chi connectivity index (χ2v) is 2.65. The van der Waals surface area contributed by atoms with Gasteiger partial charge < -0.3 is 5.73 Å². The number of rotatable bonds is 2. The van der Waals surface area contributed by atoms with E-state index in [1.54, 1.807) is 0 Å². The summed E-state index contributed by atoms with van der Waals surface area (Å²) in [6, 6.07) is 0. The van der Waals surface area contributed by atoms with Crippen LogP contribution in [0.2, 0.25) is 0 Å². The van der Waals surface area contributed by atoms with Gasteiger partial charge in [0.2, 0.25) is 0 Å². The fraction of sp³-hybridized carbons (Fsp3) is 1.00. The topological polar surface area (TPSA) is 80.4 Å². The van der Waals surface area contributed by atoms with Gasteiger partial charge in [-0.05, 0) is 0 Å². The zero-order valence-electron chi connectivity index (χ0n) is 3.66. The highest BCUT2D eigenvalue weighted by molar-refractivity contribution is 7.85. The normalized spacial score (nSPS) is 10.2. The lowest BCUT2D eigenvalue weighted by Gasteiger charge is -1.86. The molecule has 0 heterocycles. The van der Waals surface area contributed by atoms with E-state index in [-0.39, 0.29) is 20.7 Å².